The minimum Gasteiger partial charge on any atom is -0.497 e. The Kier molecular flexibility index (Phi) is 5.30. The maximum atomic E-state index is 13.1. The van der Waals surface area contributed by atoms with Crippen LogP contribution in [0.2, 0.25) is 0 Å². The van der Waals surface area contributed by atoms with Crippen LogP contribution in [-0.2, 0) is 6.54 Å². The van der Waals surface area contributed by atoms with E-state index in [0.717, 1.165) is 28.3 Å². The number of methoxy groups -OCH3 is 3. The second-order valence-electron chi connectivity index (χ2n) is 7.64. The zero-order valence-corrected chi connectivity index (χ0v) is 18.6. The molecule has 7 nitrogen and oxygen atoms in total. The lowest BCUT2D eigenvalue weighted by Crippen LogP contribution is -2.32. The SMILES string of the molecule is COc1ccc(N2COc3ccc4c(c3C2)OC(=Cc2ccc(OC)c(OC)c2)C4=O)cc1. The molecule has 0 N–H and O–H groups in total. The fraction of sp³-hybridized carbons (Fsp3) is 0.192. The quantitative estimate of drug-likeness (QED) is 0.528. The monoisotopic (exact) mass is 445 g/mol. The van der Waals surface area contributed by atoms with Crippen LogP contribution in [0.5, 0.6) is 28.7 Å². The van der Waals surface area contributed by atoms with E-state index in [1.54, 1.807) is 45.6 Å². The number of nitrogens with zero attached hydrogens (tertiary/aromatic N) is 1. The van der Waals surface area contributed by atoms with Gasteiger partial charge in [0.1, 0.15) is 17.2 Å². The van der Waals surface area contributed by atoms with Crippen LogP contribution >= 0.6 is 0 Å². The number of hydrogen-bond acceptors (Lipinski definition) is 7. The lowest BCUT2D eigenvalue weighted by Gasteiger charge is -2.31. The molecule has 168 valence electrons. The fourth-order valence-electron chi connectivity index (χ4n) is 4.01. The van der Waals surface area contributed by atoms with Crippen LogP contribution in [0.4, 0.5) is 5.69 Å². The summed E-state index contributed by atoms with van der Waals surface area (Å²) < 4.78 is 27.9. The number of carbonyl (C=O) groups is 1. The summed E-state index contributed by atoms with van der Waals surface area (Å²) in [5.41, 5.74) is 3.14. The lowest BCUT2D eigenvalue weighted by molar-refractivity contribution is 0.101. The maximum absolute atomic E-state index is 13.1. The van der Waals surface area contributed by atoms with Crippen molar-refractivity contribution < 1.29 is 28.5 Å². The van der Waals surface area contributed by atoms with Gasteiger partial charge in [0.25, 0.3) is 0 Å². The normalized spacial score (nSPS) is 15.4. The van der Waals surface area contributed by atoms with Gasteiger partial charge in [0, 0.05) is 5.69 Å². The van der Waals surface area contributed by atoms with Gasteiger partial charge in [-0.2, -0.15) is 0 Å². The van der Waals surface area contributed by atoms with E-state index in [-0.39, 0.29) is 11.5 Å². The van der Waals surface area contributed by atoms with Gasteiger partial charge >= 0.3 is 0 Å². The first-order valence-electron chi connectivity index (χ1n) is 10.4. The van der Waals surface area contributed by atoms with Crippen molar-refractivity contribution in [2.24, 2.45) is 0 Å². The van der Waals surface area contributed by atoms with Gasteiger partial charge in [0.2, 0.25) is 5.78 Å². The van der Waals surface area contributed by atoms with Crippen LogP contribution in [0.1, 0.15) is 21.5 Å². The second-order valence-corrected chi connectivity index (χ2v) is 7.64. The van der Waals surface area contributed by atoms with Gasteiger partial charge in [-0.15, -0.1) is 0 Å². The lowest BCUT2D eigenvalue weighted by atomic mass is 10.0. The third kappa shape index (κ3) is 3.71. The van der Waals surface area contributed by atoms with Gasteiger partial charge < -0.3 is 28.6 Å². The first-order chi connectivity index (χ1) is 16.1. The van der Waals surface area contributed by atoms with E-state index in [4.69, 9.17) is 23.7 Å². The molecule has 2 aliphatic heterocycles. The third-order valence-electron chi connectivity index (χ3n) is 5.77. The van der Waals surface area contributed by atoms with Crippen molar-refractivity contribution >= 4 is 17.5 Å². The first-order valence-corrected chi connectivity index (χ1v) is 10.4. The smallest absolute Gasteiger partial charge is 0.231 e. The zero-order valence-electron chi connectivity index (χ0n) is 18.6. The van der Waals surface area contributed by atoms with Crippen LogP contribution in [0.15, 0.2) is 60.4 Å². The Morgan fingerprint density at radius 3 is 2.42 bits per heavy atom. The predicted octanol–water partition coefficient (Wildman–Crippen LogP) is 4.69. The number of carbonyl (C=O) groups excluding carboxylic acids is 1. The summed E-state index contributed by atoms with van der Waals surface area (Å²) in [6.07, 6.45) is 1.71. The highest BCUT2D eigenvalue weighted by molar-refractivity contribution is 6.15. The average Bonchev–Trinajstić information content (AvgIpc) is 3.19. The van der Waals surface area contributed by atoms with Crippen molar-refractivity contribution in [2.75, 3.05) is 33.0 Å². The predicted molar refractivity (Wildman–Crippen MR) is 124 cm³/mol. The molecule has 2 heterocycles. The number of benzene rings is 3. The van der Waals surface area contributed by atoms with Crippen molar-refractivity contribution in [3.05, 3.63) is 77.0 Å². The molecular weight excluding hydrogens is 422 g/mol. The molecule has 7 heteroatoms. The Bertz CT molecular complexity index is 1250. The van der Waals surface area contributed by atoms with Gasteiger partial charge in [-0.3, -0.25) is 4.79 Å². The van der Waals surface area contributed by atoms with Crippen LogP contribution in [0, 0.1) is 0 Å². The van der Waals surface area contributed by atoms with Gasteiger partial charge in [-0.05, 0) is 60.2 Å². The number of ketones is 1. The minimum absolute atomic E-state index is 0.163. The standard InChI is InChI=1S/C26H23NO6/c1-29-18-7-5-17(6-8-18)27-14-20-21(32-15-27)11-9-19-25(28)24(33-26(19)20)13-16-4-10-22(30-2)23(12-16)31-3/h4-13H,14-15H2,1-3H3. The molecule has 0 radical (unpaired) electrons. The number of anilines is 1. The van der Waals surface area contributed by atoms with Crippen molar-refractivity contribution in [1.29, 1.82) is 0 Å². The third-order valence-corrected chi connectivity index (χ3v) is 5.77. The van der Waals surface area contributed by atoms with E-state index in [1.807, 2.05) is 36.4 Å². The van der Waals surface area contributed by atoms with Gasteiger partial charge in [0.05, 0.1) is 39.0 Å². The summed E-state index contributed by atoms with van der Waals surface area (Å²) in [6.45, 7) is 0.960. The van der Waals surface area contributed by atoms with Crippen LogP contribution in [-0.4, -0.2) is 33.8 Å². The van der Waals surface area contributed by atoms with Gasteiger partial charge in [0.15, 0.2) is 24.0 Å². The molecule has 0 fully saturated rings. The number of ether oxygens (including phenoxy) is 5. The molecule has 3 aromatic rings. The van der Waals surface area contributed by atoms with Crippen molar-refractivity contribution in [2.45, 2.75) is 6.54 Å². The molecule has 3 aromatic carbocycles. The molecule has 0 saturated heterocycles. The molecule has 0 spiro atoms. The Labute approximate surface area is 191 Å². The number of rotatable bonds is 5. The Morgan fingerprint density at radius 2 is 1.70 bits per heavy atom. The van der Waals surface area contributed by atoms with E-state index >= 15 is 0 Å². The van der Waals surface area contributed by atoms with E-state index in [2.05, 4.69) is 4.90 Å². The summed E-state index contributed by atoms with van der Waals surface area (Å²) in [5, 5.41) is 0. The minimum atomic E-state index is -0.163. The number of Topliss-reactive ketones (excluding diaryl/α,β-unsaturated/α-hetero) is 1. The molecule has 2 aliphatic rings. The van der Waals surface area contributed by atoms with Crippen LogP contribution in [0.25, 0.3) is 6.08 Å². The summed E-state index contributed by atoms with van der Waals surface area (Å²) in [7, 11) is 4.79. The summed E-state index contributed by atoms with van der Waals surface area (Å²) >= 11 is 0. The molecule has 0 saturated carbocycles. The van der Waals surface area contributed by atoms with Crippen molar-refractivity contribution in [1.82, 2.24) is 0 Å². The van der Waals surface area contributed by atoms with Crippen molar-refractivity contribution in [3.8, 4) is 28.7 Å². The van der Waals surface area contributed by atoms with Gasteiger partial charge in [-0.1, -0.05) is 6.07 Å². The molecule has 0 bridgehead atoms. The van der Waals surface area contributed by atoms with Gasteiger partial charge in [-0.25, -0.2) is 0 Å². The number of allylic oxidation sites excluding steroid dienone is 1. The topological polar surface area (TPSA) is 66.5 Å². The van der Waals surface area contributed by atoms with E-state index in [0.29, 0.717) is 36.1 Å². The molecule has 0 aliphatic carbocycles. The first kappa shape index (κ1) is 20.8. The zero-order chi connectivity index (χ0) is 22.9. The Balaban J connectivity index is 1.45. The summed E-state index contributed by atoms with van der Waals surface area (Å²) in [6, 6.07) is 16.8. The fourth-order valence-corrected chi connectivity index (χ4v) is 4.01. The molecule has 5 rings (SSSR count). The molecule has 0 atom stereocenters. The maximum Gasteiger partial charge on any atom is 0.231 e. The number of hydrogen-bond donors (Lipinski definition) is 0. The highest BCUT2D eigenvalue weighted by Gasteiger charge is 2.33. The molecule has 33 heavy (non-hydrogen) atoms. The largest absolute Gasteiger partial charge is 0.497 e. The van der Waals surface area contributed by atoms with Crippen LogP contribution in [0.3, 0.4) is 0 Å². The molecule has 0 aromatic heterocycles. The molecular formula is C26H23NO6. The van der Waals surface area contributed by atoms with E-state index in [1.165, 1.54) is 0 Å². The van der Waals surface area contributed by atoms with E-state index < -0.39 is 0 Å². The van der Waals surface area contributed by atoms with E-state index in [9.17, 15) is 4.79 Å². The summed E-state index contributed by atoms with van der Waals surface area (Å²) in [4.78, 5) is 15.1. The van der Waals surface area contributed by atoms with Crippen LogP contribution < -0.4 is 28.6 Å². The Hall–Kier alpha value is -4.13. The average molecular weight is 445 g/mol. The molecule has 0 amide bonds. The second kappa shape index (κ2) is 8.43. The van der Waals surface area contributed by atoms with Crippen molar-refractivity contribution in [3.63, 3.8) is 0 Å². The summed E-state index contributed by atoms with van der Waals surface area (Å²) in [5.74, 6) is 3.34. The molecule has 0 unspecified atom stereocenters. The number of fused-ring (bicyclic) bond motifs is 3. The Morgan fingerprint density at radius 1 is 0.909 bits per heavy atom. The highest BCUT2D eigenvalue weighted by Crippen LogP contribution is 2.43. The highest BCUT2D eigenvalue weighted by atomic mass is 16.5.